The predicted octanol–water partition coefficient (Wildman–Crippen LogP) is 2.44. The molecule has 2 fully saturated rings. The normalized spacial score (nSPS) is 28.0. The summed E-state index contributed by atoms with van der Waals surface area (Å²) in [5, 5.41) is 0. The lowest BCUT2D eigenvalue weighted by atomic mass is 9.89. The fourth-order valence-corrected chi connectivity index (χ4v) is 2.96. The highest BCUT2D eigenvalue weighted by Crippen LogP contribution is 2.43. The third-order valence-electron chi connectivity index (χ3n) is 4.35. The van der Waals surface area contributed by atoms with Crippen LogP contribution in [0.3, 0.4) is 0 Å². The predicted molar refractivity (Wildman–Crippen MR) is 71.0 cm³/mol. The summed E-state index contributed by atoms with van der Waals surface area (Å²) in [6.07, 6.45) is 4.95. The average Bonchev–Trinajstić information content (AvgIpc) is 3.09. The zero-order valence-corrected chi connectivity index (χ0v) is 10.7. The Morgan fingerprint density at radius 2 is 2.18 bits per heavy atom. The van der Waals surface area contributed by atoms with E-state index in [4.69, 9.17) is 5.73 Å². The van der Waals surface area contributed by atoms with Crippen LogP contribution in [0, 0.1) is 0 Å². The molecule has 1 saturated heterocycles. The van der Waals surface area contributed by atoms with Gasteiger partial charge in [-0.15, -0.1) is 0 Å². The molecular weight excluding hydrogens is 208 g/mol. The van der Waals surface area contributed by atoms with E-state index in [1.54, 1.807) is 0 Å². The highest BCUT2D eigenvalue weighted by molar-refractivity contribution is 5.35. The first kappa shape index (κ1) is 11.2. The molecule has 0 aromatic heterocycles. The van der Waals surface area contributed by atoms with Crippen LogP contribution in [-0.2, 0) is 5.54 Å². The molecule has 2 heteroatoms. The van der Waals surface area contributed by atoms with Crippen LogP contribution in [0.4, 0.5) is 0 Å². The summed E-state index contributed by atoms with van der Waals surface area (Å²) in [4.78, 5) is 2.44. The van der Waals surface area contributed by atoms with E-state index in [2.05, 4.69) is 36.2 Å². The number of likely N-dealkylation sites (N-methyl/N-ethyl adjacent to an activating group) is 1. The van der Waals surface area contributed by atoms with E-state index in [1.165, 1.54) is 37.1 Å². The van der Waals surface area contributed by atoms with Crippen molar-refractivity contribution in [3.8, 4) is 0 Å². The van der Waals surface area contributed by atoms with E-state index >= 15 is 0 Å². The Balaban J connectivity index is 1.82. The second-order valence-corrected chi connectivity index (χ2v) is 5.88. The number of benzene rings is 1. The zero-order valence-electron chi connectivity index (χ0n) is 10.7. The first-order valence-electron chi connectivity index (χ1n) is 6.75. The summed E-state index contributed by atoms with van der Waals surface area (Å²) in [6, 6.07) is 9.02. The maximum atomic E-state index is 6.28. The van der Waals surface area contributed by atoms with Gasteiger partial charge in [0, 0.05) is 12.1 Å². The van der Waals surface area contributed by atoms with E-state index in [9.17, 15) is 0 Å². The monoisotopic (exact) mass is 230 g/mol. The molecule has 0 spiro atoms. The topological polar surface area (TPSA) is 29.3 Å². The van der Waals surface area contributed by atoms with E-state index in [0.29, 0.717) is 5.92 Å². The summed E-state index contributed by atoms with van der Waals surface area (Å²) < 4.78 is 0. The standard InChI is InChI=1S/C15H22N2/c1-17-9-3-5-13(11-17)12-4-2-6-14(10-12)15(16)7-8-15/h2,4,6,10,13H,3,5,7-9,11,16H2,1H3. The van der Waals surface area contributed by atoms with Gasteiger partial charge in [-0.05, 0) is 56.3 Å². The van der Waals surface area contributed by atoms with Gasteiger partial charge in [-0.1, -0.05) is 24.3 Å². The Hall–Kier alpha value is -0.860. The fourth-order valence-electron chi connectivity index (χ4n) is 2.96. The Bertz CT molecular complexity index is 409. The van der Waals surface area contributed by atoms with Crippen molar-refractivity contribution in [2.75, 3.05) is 20.1 Å². The summed E-state index contributed by atoms with van der Waals surface area (Å²) in [5.74, 6) is 0.705. The van der Waals surface area contributed by atoms with Crippen LogP contribution in [0.15, 0.2) is 24.3 Å². The first-order chi connectivity index (χ1) is 8.17. The molecule has 1 atom stereocenters. The molecule has 92 valence electrons. The van der Waals surface area contributed by atoms with Crippen molar-refractivity contribution in [1.29, 1.82) is 0 Å². The van der Waals surface area contributed by atoms with Gasteiger partial charge >= 0.3 is 0 Å². The Labute approximate surface area is 104 Å². The lowest BCUT2D eigenvalue weighted by Gasteiger charge is -2.30. The molecule has 1 aliphatic carbocycles. The van der Waals surface area contributed by atoms with Gasteiger partial charge in [0.2, 0.25) is 0 Å². The van der Waals surface area contributed by atoms with Crippen LogP contribution in [-0.4, -0.2) is 25.0 Å². The van der Waals surface area contributed by atoms with Gasteiger partial charge in [-0.3, -0.25) is 0 Å². The molecule has 0 amide bonds. The molecule has 0 bridgehead atoms. The van der Waals surface area contributed by atoms with Crippen molar-refractivity contribution >= 4 is 0 Å². The average molecular weight is 230 g/mol. The molecule has 1 unspecified atom stereocenters. The van der Waals surface area contributed by atoms with Gasteiger partial charge in [-0.2, -0.15) is 0 Å². The zero-order chi connectivity index (χ0) is 11.9. The minimum atomic E-state index is 0.0105. The summed E-state index contributed by atoms with van der Waals surface area (Å²) in [5.41, 5.74) is 9.14. The Kier molecular flexibility index (Phi) is 2.72. The molecule has 3 rings (SSSR count). The lowest BCUT2D eigenvalue weighted by molar-refractivity contribution is 0.250. The largest absolute Gasteiger partial charge is 0.321 e. The van der Waals surface area contributed by atoms with Crippen molar-refractivity contribution in [3.63, 3.8) is 0 Å². The highest BCUT2D eigenvalue weighted by Gasteiger charge is 2.40. The number of nitrogens with two attached hydrogens (primary N) is 1. The van der Waals surface area contributed by atoms with Gasteiger partial charge in [0.05, 0.1) is 0 Å². The minimum Gasteiger partial charge on any atom is -0.321 e. The maximum absolute atomic E-state index is 6.28. The molecule has 0 radical (unpaired) electrons. The van der Waals surface area contributed by atoms with Crippen LogP contribution < -0.4 is 5.73 Å². The molecule has 1 aliphatic heterocycles. The third-order valence-corrected chi connectivity index (χ3v) is 4.35. The Morgan fingerprint density at radius 3 is 2.88 bits per heavy atom. The van der Waals surface area contributed by atoms with Gasteiger partial charge in [0.15, 0.2) is 0 Å². The number of nitrogens with zero attached hydrogens (tertiary/aromatic N) is 1. The summed E-state index contributed by atoms with van der Waals surface area (Å²) in [6.45, 7) is 2.44. The van der Waals surface area contributed by atoms with Gasteiger partial charge in [0.25, 0.3) is 0 Å². The smallest absolute Gasteiger partial charge is 0.0411 e. The van der Waals surface area contributed by atoms with E-state index in [-0.39, 0.29) is 5.54 Å². The number of hydrogen-bond donors (Lipinski definition) is 1. The molecule has 17 heavy (non-hydrogen) atoms. The molecule has 1 aromatic rings. The highest BCUT2D eigenvalue weighted by atomic mass is 15.1. The van der Waals surface area contributed by atoms with Crippen molar-refractivity contribution in [2.24, 2.45) is 5.73 Å². The molecule has 2 aliphatic rings. The van der Waals surface area contributed by atoms with Gasteiger partial charge in [0.1, 0.15) is 0 Å². The summed E-state index contributed by atoms with van der Waals surface area (Å²) in [7, 11) is 2.22. The molecule has 1 heterocycles. The molecule has 1 saturated carbocycles. The maximum Gasteiger partial charge on any atom is 0.0411 e. The van der Waals surface area contributed by atoms with Crippen molar-refractivity contribution < 1.29 is 0 Å². The van der Waals surface area contributed by atoms with Gasteiger partial charge < -0.3 is 10.6 Å². The van der Waals surface area contributed by atoms with E-state index < -0.39 is 0 Å². The molecule has 2 N–H and O–H groups in total. The second kappa shape index (κ2) is 4.11. The lowest BCUT2D eigenvalue weighted by Crippen LogP contribution is -2.31. The quantitative estimate of drug-likeness (QED) is 0.845. The number of hydrogen-bond acceptors (Lipinski definition) is 2. The number of rotatable bonds is 2. The van der Waals surface area contributed by atoms with E-state index in [0.717, 1.165) is 12.8 Å². The second-order valence-electron chi connectivity index (χ2n) is 5.88. The minimum absolute atomic E-state index is 0.0105. The third kappa shape index (κ3) is 2.24. The number of piperidine rings is 1. The molecule has 1 aromatic carbocycles. The Morgan fingerprint density at radius 1 is 1.35 bits per heavy atom. The number of likely N-dealkylation sites (tertiary alicyclic amines) is 1. The van der Waals surface area contributed by atoms with Crippen molar-refractivity contribution in [3.05, 3.63) is 35.4 Å². The van der Waals surface area contributed by atoms with Crippen molar-refractivity contribution in [1.82, 2.24) is 4.90 Å². The SMILES string of the molecule is CN1CCCC(c2cccc(C3(N)CC3)c2)C1. The van der Waals surface area contributed by atoms with Crippen LogP contribution in [0.25, 0.3) is 0 Å². The van der Waals surface area contributed by atoms with Crippen LogP contribution in [0.5, 0.6) is 0 Å². The van der Waals surface area contributed by atoms with Crippen molar-refractivity contribution in [2.45, 2.75) is 37.1 Å². The van der Waals surface area contributed by atoms with Crippen LogP contribution >= 0.6 is 0 Å². The van der Waals surface area contributed by atoms with Gasteiger partial charge in [-0.25, -0.2) is 0 Å². The summed E-state index contributed by atoms with van der Waals surface area (Å²) >= 11 is 0. The van der Waals surface area contributed by atoms with Crippen LogP contribution in [0.2, 0.25) is 0 Å². The fraction of sp³-hybridized carbons (Fsp3) is 0.600. The van der Waals surface area contributed by atoms with Crippen LogP contribution in [0.1, 0.15) is 42.7 Å². The molecular formula is C15H22N2. The van der Waals surface area contributed by atoms with E-state index in [1.807, 2.05) is 0 Å². The molecule has 2 nitrogen and oxygen atoms in total. The first-order valence-corrected chi connectivity index (χ1v) is 6.75.